The number of fused-ring (bicyclic) bond motifs is 1. The molecule has 0 aliphatic heterocycles. The maximum absolute atomic E-state index is 13.1. The van der Waals surface area contributed by atoms with Crippen LogP contribution < -0.4 is 4.74 Å². The average molecular weight is 379 g/mol. The van der Waals surface area contributed by atoms with Gasteiger partial charge in [-0.25, -0.2) is 0 Å². The maximum atomic E-state index is 13.1. The van der Waals surface area contributed by atoms with Gasteiger partial charge < -0.3 is 14.3 Å². The van der Waals surface area contributed by atoms with Crippen molar-refractivity contribution < 1.29 is 19.1 Å². The first-order valence-corrected chi connectivity index (χ1v) is 9.44. The van der Waals surface area contributed by atoms with Crippen LogP contribution in [0.5, 0.6) is 5.75 Å². The predicted molar refractivity (Wildman–Crippen MR) is 109 cm³/mol. The maximum Gasteiger partial charge on any atom is 0.262 e. The van der Waals surface area contributed by atoms with Crippen LogP contribution in [0.25, 0.3) is 10.9 Å². The monoisotopic (exact) mass is 379 g/mol. The molecule has 0 amide bonds. The lowest BCUT2D eigenvalue weighted by Crippen LogP contribution is -2.13. The van der Waals surface area contributed by atoms with Gasteiger partial charge >= 0.3 is 0 Å². The lowest BCUT2D eigenvalue weighted by molar-refractivity contribution is -0.107. The molecule has 0 aliphatic carbocycles. The molecule has 0 bridgehead atoms. The molecule has 0 atom stereocenters. The minimum atomic E-state index is -0.106. The van der Waals surface area contributed by atoms with Crippen molar-refractivity contribution in [1.29, 1.82) is 0 Å². The Morgan fingerprint density at radius 3 is 2.54 bits per heavy atom. The summed E-state index contributed by atoms with van der Waals surface area (Å²) in [6, 6.07) is 14.8. The number of nitrogens with zero attached hydrogens (tertiary/aromatic N) is 1. The zero-order chi connectivity index (χ0) is 20.1. The van der Waals surface area contributed by atoms with Crippen LogP contribution in [-0.4, -0.2) is 36.1 Å². The van der Waals surface area contributed by atoms with Crippen LogP contribution in [0.15, 0.2) is 48.5 Å². The van der Waals surface area contributed by atoms with Gasteiger partial charge in [0, 0.05) is 23.1 Å². The molecule has 28 heavy (non-hydrogen) atoms. The molecule has 0 radical (unpaired) electrons. The quantitative estimate of drug-likeness (QED) is 0.435. The minimum Gasteiger partial charge on any atom is -0.491 e. The Labute approximate surface area is 164 Å². The van der Waals surface area contributed by atoms with Gasteiger partial charge in [0.2, 0.25) is 0 Å². The Kier molecular flexibility index (Phi) is 6.26. The van der Waals surface area contributed by atoms with Crippen molar-refractivity contribution in [2.45, 2.75) is 33.3 Å². The number of carbonyl (C=O) groups is 2. The third-order valence-electron chi connectivity index (χ3n) is 4.53. The lowest BCUT2D eigenvalue weighted by atomic mass is 10.1. The number of aromatic nitrogens is 1. The fraction of sp³-hybridized carbons (Fsp3) is 0.304. The zero-order valence-corrected chi connectivity index (χ0v) is 16.5. The van der Waals surface area contributed by atoms with Crippen molar-refractivity contribution in [3.05, 3.63) is 65.4 Å². The molecule has 0 fully saturated rings. The Hall–Kier alpha value is -2.92. The zero-order valence-electron chi connectivity index (χ0n) is 16.5. The fourth-order valence-electron chi connectivity index (χ4n) is 3.23. The van der Waals surface area contributed by atoms with E-state index >= 15 is 0 Å². The highest BCUT2D eigenvalue weighted by atomic mass is 16.5. The van der Waals surface area contributed by atoms with E-state index in [0.717, 1.165) is 28.4 Å². The number of carbonyl (C=O) groups excluding carboxylic acids is 2. The third kappa shape index (κ3) is 4.31. The highest BCUT2D eigenvalue weighted by molar-refractivity contribution is 6.03. The van der Waals surface area contributed by atoms with Crippen LogP contribution in [0.1, 0.15) is 35.5 Å². The molecule has 0 N–H and O–H groups in total. The molecule has 3 aromatic rings. The summed E-state index contributed by atoms with van der Waals surface area (Å²) in [6.07, 6.45) is 1.39. The van der Waals surface area contributed by atoms with Crippen LogP contribution >= 0.6 is 0 Å². The number of aldehydes is 1. The molecule has 0 spiro atoms. The van der Waals surface area contributed by atoms with E-state index < -0.39 is 0 Å². The molecule has 0 aliphatic rings. The smallest absolute Gasteiger partial charge is 0.262 e. The molecule has 146 valence electrons. The van der Waals surface area contributed by atoms with Crippen LogP contribution in [0.4, 0.5) is 0 Å². The topological polar surface area (TPSA) is 57.5 Å². The standard InChI is InChI=1S/C23H25NO4/c1-16(2)27-13-14-28-20-9-7-19(8-10-20)23(26)24-17(3)15-21-18(11-12-25)5-4-6-22(21)24/h4-10,12,15-16H,11,13-14H2,1-3H3. The first-order chi connectivity index (χ1) is 13.5. The van der Waals surface area contributed by atoms with Gasteiger partial charge in [0.05, 0.1) is 18.2 Å². The summed E-state index contributed by atoms with van der Waals surface area (Å²) in [4.78, 5) is 24.0. The van der Waals surface area contributed by atoms with E-state index in [-0.39, 0.29) is 12.0 Å². The van der Waals surface area contributed by atoms with E-state index in [0.29, 0.717) is 30.9 Å². The number of hydrogen-bond donors (Lipinski definition) is 0. The summed E-state index contributed by atoms with van der Waals surface area (Å²) in [6.45, 7) is 6.85. The van der Waals surface area contributed by atoms with Crippen molar-refractivity contribution in [3.63, 3.8) is 0 Å². The largest absolute Gasteiger partial charge is 0.491 e. The Balaban J connectivity index is 1.80. The van der Waals surface area contributed by atoms with Gasteiger partial charge in [0.15, 0.2) is 0 Å². The SMILES string of the molecule is Cc1cc2c(CC=O)cccc2n1C(=O)c1ccc(OCCOC(C)C)cc1. The number of aryl methyl sites for hydroxylation is 1. The molecule has 2 aromatic carbocycles. The van der Waals surface area contributed by atoms with Gasteiger partial charge in [0.25, 0.3) is 5.91 Å². The molecule has 0 unspecified atom stereocenters. The number of rotatable bonds is 8. The van der Waals surface area contributed by atoms with E-state index in [1.807, 2.05) is 45.0 Å². The molecule has 0 saturated carbocycles. The van der Waals surface area contributed by atoms with Crippen molar-refractivity contribution in [2.75, 3.05) is 13.2 Å². The van der Waals surface area contributed by atoms with Crippen LogP contribution in [0.3, 0.4) is 0 Å². The molecule has 0 saturated heterocycles. The van der Waals surface area contributed by atoms with E-state index in [2.05, 4.69) is 0 Å². The number of ether oxygens (including phenoxy) is 2. The highest BCUT2D eigenvalue weighted by Gasteiger charge is 2.16. The van der Waals surface area contributed by atoms with Crippen LogP contribution in [0.2, 0.25) is 0 Å². The number of benzene rings is 2. The predicted octanol–water partition coefficient (Wildman–Crippen LogP) is 4.18. The first kappa shape index (κ1) is 19.8. The summed E-state index contributed by atoms with van der Waals surface area (Å²) < 4.78 is 12.8. The van der Waals surface area contributed by atoms with E-state index in [4.69, 9.17) is 9.47 Å². The van der Waals surface area contributed by atoms with E-state index in [9.17, 15) is 9.59 Å². The van der Waals surface area contributed by atoms with Crippen molar-refractivity contribution in [2.24, 2.45) is 0 Å². The van der Waals surface area contributed by atoms with Crippen LogP contribution in [0, 0.1) is 6.92 Å². The second-order valence-electron chi connectivity index (χ2n) is 6.94. The van der Waals surface area contributed by atoms with Gasteiger partial charge in [-0.1, -0.05) is 12.1 Å². The summed E-state index contributed by atoms with van der Waals surface area (Å²) in [5, 5.41) is 0.936. The second-order valence-corrected chi connectivity index (χ2v) is 6.94. The van der Waals surface area contributed by atoms with Gasteiger partial charge in [0.1, 0.15) is 18.6 Å². The molecular formula is C23H25NO4. The van der Waals surface area contributed by atoms with Gasteiger partial charge in [-0.15, -0.1) is 0 Å². The summed E-state index contributed by atoms with van der Waals surface area (Å²) in [5.41, 5.74) is 3.15. The first-order valence-electron chi connectivity index (χ1n) is 9.44. The Bertz CT molecular complexity index is 970. The van der Waals surface area contributed by atoms with Gasteiger partial charge in [-0.05, 0) is 62.7 Å². The van der Waals surface area contributed by atoms with E-state index in [1.165, 1.54) is 0 Å². The normalized spacial score (nSPS) is 11.1. The molecule has 5 nitrogen and oxygen atoms in total. The van der Waals surface area contributed by atoms with Crippen LogP contribution in [-0.2, 0) is 16.0 Å². The van der Waals surface area contributed by atoms with Gasteiger partial charge in [-0.3, -0.25) is 9.36 Å². The highest BCUT2D eigenvalue weighted by Crippen LogP contribution is 2.25. The third-order valence-corrected chi connectivity index (χ3v) is 4.53. The second kappa shape index (κ2) is 8.85. The molecular weight excluding hydrogens is 354 g/mol. The van der Waals surface area contributed by atoms with Crippen molar-refractivity contribution >= 4 is 23.1 Å². The van der Waals surface area contributed by atoms with Crippen molar-refractivity contribution in [1.82, 2.24) is 4.57 Å². The van der Waals surface area contributed by atoms with Gasteiger partial charge in [-0.2, -0.15) is 0 Å². The summed E-state index contributed by atoms with van der Waals surface area (Å²) in [7, 11) is 0. The summed E-state index contributed by atoms with van der Waals surface area (Å²) >= 11 is 0. The number of hydrogen-bond acceptors (Lipinski definition) is 4. The minimum absolute atomic E-state index is 0.106. The molecule has 1 aromatic heterocycles. The Morgan fingerprint density at radius 1 is 1.11 bits per heavy atom. The van der Waals surface area contributed by atoms with E-state index in [1.54, 1.807) is 28.8 Å². The summed E-state index contributed by atoms with van der Waals surface area (Å²) in [5.74, 6) is 0.594. The molecule has 3 rings (SSSR count). The lowest BCUT2D eigenvalue weighted by Gasteiger charge is -2.10. The average Bonchev–Trinajstić information content (AvgIpc) is 3.02. The van der Waals surface area contributed by atoms with Crippen molar-refractivity contribution in [3.8, 4) is 5.75 Å². The fourth-order valence-corrected chi connectivity index (χ4v) is 3.23. The molecule has 5 heteroatoms. The molecule has 1 heterocycles. The Morgan fingerprint density at radius 2 is 1.86 bits per heavy atom.